The highest BCUT2D eigenvalue weighted by atomic mass is 19.1. The Kier molecular flexibility index (Phi) is 8.68. The molecule has 1 aliphatic carbocycles. The fourth-order valence-corrected chi connectivity index (χ4v) is 4.98. The third-order valence-corrected chi connectivity index (χ3v) is 6.87. The maximum Gasteiger partial charge on any atom is 0.220 e. The summed E-state index contributed by atoms with van der Waals surface area (Å²) in [4.78, 5) is 13.7. The summed E-state index contributed by atoms with van der Waals surface area (Å²) in [5.74, 6) is 0.938. The number of ether oxygens (including phenoxy) is 2. The topological polar surface area (TPSA) is 88.6 Å². The van der Waals surface area contributed by atoms with Crippen LogP contribution in [0.2, 0.25) is 0 Å². The summed E-state index contributed by atoms with van der Waals surface area (Å²) in [6.07, 6.45) is 7.94. The SMILES string of the molecule is COC(CC(N)=O)C1CCC(CCN2CCC(Oc3ccc(F)cc3C#N)CC2)CC1. The predicted molar refractivity (Wildman–Crippen MR) is 116 cm³/mol. The molecule has 0 aromatic heterocycles. The summed E-state index contributed by atoms with van der Waals surface area (Å²) < 4.78 is 24.8. The third kappa shape index (κ3) is 6.91. The first kappa shape index (κ1) is 23.5. The van der Waals surface area contributed by atoms with Crippen molar-refractivity contribution in [2.75, 3.05) is 26.7 Å². The van der Waals surface area contributed by atoms with Crippen molar-refractivity contribution in [3.63, 3.8) is 0 Å². The number of primary amides is 1. The zero-order valence-corrected chi connectivity index (χ0v) is 18.4. The van der Waals surface area contributed by atoms with Gasteiger partial charge in [0.2, 0.25) is 5.91 Å². The molecular weight excluding hydrogens is 397 g/mol. The normalized spacial score (nSPS) is 23.8. The average molecular weight is 432 g/mol. The van der Waals surface area contributed by atoms with Gasteiger partial charge in [-0.05, 0) is 68.7 Å². The smallest absolute Gasteiger partial charge is 0.220 e. The molecule has 1 aromatic rings. The van der Waals surface area contributed by atoms with Gasteiger partial charge in [0.05, 0.1) is 18.1 Å². The van der Waals surface area contributed by atoms with Crippen molar-refractivity contribution in [1.82, 2.24) is 4.90 Å². The van der Waals surface area contributed by atoms with E-state index in [0.29, 0.717) is 18.1 Å². The van der Waals surface area contributed by atoms with E-state index in [0.717, 1.165) is 51.2 Å². The van der Waals surface area contributed by atoms with Crippen LogP contribution in [-0.4, -0.2) is 49.8 Å². The lowest BCUT2D eigenvalue weighted by Crippen LogP contribution is -2.39. The fraction of sp³-hybridized carbons (Fsp3) is 0.667. The molecule has 1 unspecified atom stereocenters. The van der Waals surface area contributed by atoms with E-state index in [1.54, 1.807) is 13.2 Å². The number of amides is 1. The minimum atomic E-state index is -0.418. The lowest BCUT2D eigenvalue weighted by atomic mass is 9.77. The Morgan fingerprint density at radius 3 is 2.58 bits per heavy atom. The second-order valence-corrected chi connectivity index (χ2v) is 8.93. The van der Waals surface area contributed by atoms with Crippen molar-refractivity contribution < 1.29 is 18.7 Å². The standard InChI is InChI=1S/C24H34FN3O3/c1-30-23(15-24(27)29)18-4-2-17(3-5-18)8-11-28-12-9-21(10-13-28)31-22-7-6-20(25)14-19(22)16-26/h6-7,14,17-18,21,23H,2-5,8-13,15H2,1H3,(H2,27,29). The van der Waals surface area contributed by atoms with Gasteiger partial charge in [-0.3, -0.25) is 4.79 Å². The molecule has 1 amide bonds. The highest BCUT2D eigenvalue weighted by Crippen LogP contribution is 2.34. The van der Waals surface area contributed by atoms with Gasteiger partial charge in [-0.1, -0.05) is 12.8 Å². The molecule has 170 valence electrons. The zero-order chi connectivity index (χ0) is 22.2. The van der Waals surface area contributed by atoms with Crippen LogP contribution >= 0.6 is 0 Å². The van der Waals surface area contributed by atoms with Crippen molar-refractivity contribution in [1.29, 1.82) is 5.26 Å². The van der Waals surface area contributed by atoms with E-state index >= 15 is 0 Å². The molecule has 3 rings (SSSR count). The maximum absolute atomic E-state index is 13.3. The van der Waals surface area contributed by atoms with E-state index in [1.807, 2.05) is 6.07 Å². The Hall–Kier alpha value is -2.17. The Labute approximate surface area is 184 Å². The molecule has 2 fully saturated rings. The molecule has 2 N–H and O–H groups in total. The van der Waals surface area contributed by atoms with Crippen LogP contribution in [0, 0.1) is 29.0 Å². The maximum atomic E-state index is 13.3. The molecule has 1 aliphatic heterocycles. The van der Waals surface area contributed by atoms with Gasteiger partial charge in [0.25, 0.3) is 0 Å². The van der Waals surface area contributed by atoms with E-state index < -0.39 is 5.82 Å². The van der Waals surface area contributed by atoms with E-state index in [9.17, 15) is 14.4 Å². The first-order chi connectivity index (χ1) is 15.0. The van der Waals surface area contributed by atoms with Gasteiger partial charge in [0.15, 0.2) is 0 Å². The van der Waals surface area contributed by atoms with Crippen LogP contribution in [0.15, 0.2) is 18.2 Å². The van der Waals surface area contributed by atoms with Crippen LogP contribution in [0.5, 0.6) is 5.75 Å². The molecule has 0 spiro atoms. The first-order valence-corrected chi connectivity index (χ1v) is 11.4. The highest BCUT2D eigenvalue weighted by Gasteiger charge is 2.29. The van der Waals surface area contributed by atoms with Gasteiger partial charge in [0, 0.05) is 20.2 Å². The van der Waals surface area contributed by atoms with Gasteiger partial charge in [-0.15, -0.1) is 0 Å². The monoisotopic (exact) mass is 431 g/mol. The van der Waals surface area contributed by atoms with Crippen LogP contribution in [0.1, 0.15) is 56.9 Å². The van der Waals surface area contributed by atoms with E-state index in [4.69, 9.17) is 15.2 Å². The van der Waals surface area contributed by atoms with Gasteiger partial charge >= 0.3 is 0 Å². The molecule has 1 saturated heterocycles. The lowest BCUT2D eigenvalue weighted by molar-refractivity contribution is -0.121. The van der Waals surface area contributed by atoms with Crippen LogP contribution in [-0.2, 0) is 9.53 Å². The second kappa shape index (κ2) is 11.4. The Morgan fingerprint density at radius 1 is 1.26 bits per heavy atom. The number of hydrogen-bond acceptors (Lipinski definition) is 5. The minimum Gasteiger partial charge on any atom is -0.489 e. The number of piperidine rings is 1. The van der Waals surface area contributed by atoms with E-state index in [1.165, 1.54) is 31.4 Å². The number of halogens is 1. The molecule has 31 heavy (non-hydrogen) atoms. The first-order valence-electron chi connectivity index (χ1n) is 11.4. The van der Waals surface area contributed by atoms with Crippen molar-refractivity contribution in [2.45, 2.75) is 63.6 Å². The van der Waals surface area contributed by atoms with E-state index in [-0.39, 0.29) is 23.7 Å². The van der Waals surface area contributed by atoms with Gasteiger partial charge in [0.1, 0.15) is 23.7 Å². The lowest BCUT2D eigenvalue weighted by Gasteiger charge is -2.35. The molecule has 7 heteroatoms. The second-order valence-electron chi connectivity index (χ2n) is 8.93. The van der Waals surface area contributed by atoms with E-state index in [2.05, 4.69) is 4.90 Å². The number of methoxy groups -OCH3 is 1. The summed E-state index contributed by atoms with van der Waals surface area (Å²) in [5, 5.41) is 9.17. The largest absolute Gasteiger partial charge is 0.489 e. The Bertz CT molecular complexity index is 766. The molecule has 2 aliphatic rings. The summed E-state index contributed by atoms with van der Waals surface area (Å²) >= 11 is 0. The number of nitriles is 1. The number of rotatable bonds is 9. The number of carbonyl (C=O) groups is 1. The third-order valence-electron chi connectivity index (χ3n) is 6.87. The van der Waals surface area contributed by atoms with Crippen molar-refractivity contribution >= 4 is 5.91 Å². The van der Waals surface area contributed by atoms with Crippen molar-refractivity contribution in [3.8, 4) is 11.8 Å². The van der Waals surface area contributed by atoms with Gasteiger partial charge < -0.3 is 20.1 Å². The molecule has 0 radical (unpaired) electrons. The van der Waals surface area contributed by atoms with Gasteiger partial charge in [-0.2, -0.15) is 5.26 Å². The van der Waals surface area contributed by atoms with Crippen molar-refractivity contribution in [3.05, 3.63) is 29.6 Å². The molecule has 1 atom stereocenters. The molecule has 1 saturated carbocycles. The summed E-state index contributed by atoms with van der Waals surface area (Å²) in [5.41, 5.74) is 5.60. The summed E-state index contributed by atoms with van der Waals surface area (Å²) in [6, 6.07) is 6.12. The highest BCUT2D eigenvalue weighted by molar-refractivity contribution is 5.74. The van der Waals surface area contributed by atoms with Crippen LogP contribution in [0.3, 0.4) is 0 Å². The Balaban J connectivity index is 1.36. The molecule has 1 heterocycles. The fourth-order valence-electron chi connectivity index (χ4n) is 4.98. The number of carbonyl (C=O) groups excluding carboxylic acids is 1. The van der Waals surface area contributed by atoms with Gasteiger partial charge in [-0.25, -0.2) is 4.39 Å². The number of benzene rings is 1. The zero-order valence-electron chi connectivity index (χ0n) is 18.4. The molecular formula is C24H34FN3O3. The molecule has 0 bridgehead atoms. The average Bonchev–Trinajstić information content (AvgIpc) is 2.78. The molecule has 6 nitrogen and oxygen atoms in total. The van der Waals surface area contributed by atoms with Crippen LogP contribution < -0.4 is 10.5 Å². The van der Waals surface area contributed by atoms with Crippen LogP contribution in [0.25, 0.3) is 0 Å². The number of nitrogens with two attached hydrogens (primary N) is 1. The summed E-state index contributed by atoms with van der Waals surface area (Å²) in [6.45, 7) is 3.05. The number of likely N-dealkylation sites (tertiary alicyclic amines) is 1. The minimum absolute atomic E-state index is 0.0415. The van der Waals surface area contributed by atoms with Crippen molar-refractivity contribution in [2.24, 2.45) is 17.6 Å². The predicted octanol–water partition coefficient (Wildman–Crippen LogP) is 3.63. The number of nitrogens with zero attached hydrogens (tertiary/aromatic N) is 2. The Morgan fingerprint density at radius 2 is 1.97 bits per heavy atom. The van der Waals surface area contributed by atoms with Crippen LogP contribution in [0.4, 0.5) is 4.39 Å². The number of hydrogen-bond donors (Lipinski definition) is 1. The quantitative estimate of drug-likeness (QED) is 0.645. The molecule has 1 aromatic carbocycles. The summed E-state index contributed by atoms with van der Waals surface area (Å²) in [7, 11) is 1.67.